The molecule has 0 aliphatic heterocycles. The number of aromatic nitrogens is 2. The van der Waals surface area contributed by atoms with Gasteiger partial charge in [0.25, 0.3) is 0 Å². The summed E-state index contributed by atoms with van der Waals surface area (Å²) in [4.78, 5) is 13.6. The van der Waals surface area contributed by atoms with Crippen molar-refractivity contribution in [2.45, 2.75) is 12.5 Å². The highest BCUT2D eigenvalue weighted by Crippen LogP contribution is 2.26. The van der Waals surface area contributed by atoms with E-state index in [9.17, 15) is 4.79 Å². The molecule has 0 fully saturated rings. The van der Waals surface area contributed by atoms with Gasteiger partial charge in [-0.1, -0.05) is 48.0 Å². The molecule has 4 aromatic rings. The Balaban J connectivity index is 1.60. The van der Waals surface area contributed by atoms with Crippen molar-refractivity contribution in [1.29, 1.82) is 0 Å². The minimum atomic E-state index is -0.526. The zero-order valence-electron chi connectivity index (χ0n) is 14.7. The first-order chi connectivity index (χ1) is 13.7. The van der Waals surface area contributed by atoms with Gasteiger partial charge in [-0.15, -0.1) is 21.5 Å². The molecule has 7 heteroatoms. The van der Waals surface area contributed by atoms with Gasteiger partial charge in [0.1, 0.15) is 6.04 Å². The van der Waals surface area contributed by atoms with Crippen LogP contribution in [0.15, 0.2) is 76.5 Å². The summed E-state index contributed by atoms with van der Waals surface area (Å²) in [5.41, 5.74) is 1.63. The van der Waals surface area contributed by atoms with E-state index in [2.05, 4.69) is 15.5 Å². The number of nitrogens with one attached hydrogen (secondary N) is 1. The number of amides is 1. The lowest BCUT2D eigenvalue weighted by Crippen LogP contribution is -2.30. The van der Waals surface area contributed by atoms with Crippen molar-refractivity contribution in [3.05, 3.63) is 93.5 Å². The van der Waals surface area contributed by atoms with Crippen LogP contribution in [0.25, 0.3) is 11.5 Å². The Bertz CT molecular complexity index is 1050. The van der Waals surface area contributed by atoms with Gasteiger partial charge in [-0.2, -0.15) is 0 Å². The zero-order valence-corrected chi connectivity index (χ0v) is 16.3. The Morgan fingerprint density at radius 3 is 2.54 bits per heavy atom. The molecule has 2 aromatic carbocycles. The van der Waals surface area contributed by atoms with Crippen LogP contribution in [0.5, 0.6) is 0 Å². The van der Waals surface area contributed by atoms with Crippen LogP contribution in [-0.4, -0.2) is 16.1 Å². The van der Waals surface area contributed by atoms with Crippen molar-refractivity contribution in [3.63, 3.8) is 0 Å². The Labute approximate surface area is 171 Å². The van der Waals surface area contributed by atoms with Gasteiger partial charge in [0, 0.05) is 15.5 Å². The number of hydrogen-bond donors (Lipinski definition) is 1. The number of rotatable bonds is 6. The molecule has 1 N–H and O–H groups in total. The first kappa shape index (κ1) is 18.4. The summed E-state index contributed by atoms with van der Waals surface area (Å²) < 4.78 is 5.88. The predicted molar refractivity (Wildman–Crippen MR) is 109 cm³/mol. The molecule has 2 aromatic heterocycles. The molecule has 0 saturated heterocycles. The molecule has 0 radical (unpaired) electrons. The Kier molecular flexibility index (Phi) is 5.50. The standard InChI is InChI=1S/C21H16ClN3O2S/c22-16-10-8-15(9-11-16)20-24-25-21(27-20)19(14-5-2-1-3-6-14)23-18(26)13-17-7-4-12-28-17/h1-12,19H,13H2,(H,23,26)/t19-/m1/s1. The van der Waals surface area contributed by atoms with E-state index in [1.54, 1.807) is 23.5 Å². The van der Waals surface area contributed by atoms with E-state index in [1.165, 1.54) is 0 Å². The Morgan fingerprint density at radius 1 is 1.04 bits per heavy atom. The number of nitrogens with zero attached hydrogens (tertiary/aromatic N) is 2. The first-order valence-electron chi connectivity index (χ1n) is 8.65. The van der Waals surface area contributed by atoms with Crippen LogP contribution in [0.4, 0.5) is 0 Å². The van der Waals surface area contributed by atoms with Crippen LogP contribution in [-0.2, 0) is 11.2 Å². The summed E-state index contributed by atoms with van der Waals surface area (Å²) in [6, 6.07) is 20.1. The second-order valence-electron chi connectivity index (χ2n) is 6.12. The summed E-state index contributed by atoms with van der Waals surface area (Å²) in [6.45, 7) is 0. The highest BCUT2D eigenvalue weighted by molar-refractivity contribution is 7.10. The van der Waals surface area contributed by atoms with E-state index in [0.29, 0.717) is 23.2 Å². The molecule has 0 aliphatic carbocycles. The fourth-order valence-corrected chi connectivity index (χ4v) is 3.61. The summed E-state index contributed by atoms with van der Waals surface area (Å²) in [7, 11) is 0. The lowest BCUT2D eigenvalue weighted by molar-refractivity contribution is -0.121. The van der Waals surface area contributed by atoms with Crippen LogP contribution in [0.1, 0.15) is 22.4 Å². The molecular formula is C21H16ClN3O2S. The summed E-state index contributed by atoms with van der Waals surface area (Å²) in [5, 5.41) is 13.9. The topological polar surface area (TPSA) is 68.0 Å². The lowest BCUT2D eigenvalue weighted by atomic mass is 10.1. The number of halogens is 1. The highest BCUT2D eigenvalue weighted by atomic mass is 35.5. The molecule has 140 valence electrons. The third-order valence-electron chi connectivity index (χ3n) is 4.13. The van der Waals surface area contributed by atoms with Crippen molar-refractivity contribution in [2.24, 2.45) is 0 Å². The molecule has 2 heterocycles. The second kappa shape index (κ2) is 8.37. The molecule has 0 bridgehead atoms. The normalized spacial score (nSPS) is 11.9. The van der Waals surface area contributed by atoms with Crippen molar-refractivity contribution in [3.8, 4) is 11.5 Å². The van der Waals surface area contributed by atoms with Crippen molar-refractivity contribution in [1.82, 2.24) is 15.5 Å². The molecule has 4 rings (SSSR count). The SMILES string of the molecule is O=C(Cc1cccs1)N[C@H](c1ccccc1)c1nnc(-c2ccc(Cl)cc2)o1. The minimum Gasteiger partial charge on any atom is -0.418 e. The highest BCUT2D eigenvalue weighted by Gasteiger charge is 2.23. The minimum absolute atomic E-state index is 0.109. The molecule has 0 saturated carbocycles. The van der Waals surface area contributed by atoms with Crippen molar-refractivity contribution in [2.75, 3.05) is 0 Å². The van der Waals surface area contributed by atoms with E-state index >= 15 is 0 Å². The predicted octanol–water partition coefficient (Wildman–Crippen LogP) is 4.90. The molecule has 5 nitrogen and oxygen atoms in total. The zero-order chi connectivity index (χ0) is 19.3. The van der Waals surface area contributed by atoms with Gasteiger partial charge in [-0.05, 0) is 41.3 Å². The van der Waals surface area contributed by atoms with Crippen molar-refractivity contribution < 1.29 is 9.21 Å². The molecule has 0 unspecified atom stereocenters. The van der Waals surface area contributed by atoms with Gasteiger partial charge in [0.15, 0.2) is 0 Å². The summed E-state index contributed by atoms with van der Waals surface area (Å²) >= 11 is 7.49. The third kappa shape index (κ3) is 4.30. The van der Waals surface area contributed by atoms with E-state index in [4.69, 9.17) is 16.0 Å². The summed E-state index contributed by atoms with van der Waals surface area (Å²) in [5.74, 6) is 0.596. The van der Waals surface area contributed by atoms with Crippen LogP contribution in [0.3, 0.4) is 0 Å². The van der Waals surface area contributed by atoms with Crippen molar-refractivity contribution >= 4 is 28.8 Å². The second-order valence-corrected chi connectivity index (χ2v) is 7.59. The molecule has 1 amide bonds. The van der Waals surface area contributed by atoms with Gasteiger partial charge in [-0.3, -0.25) is 4.79 Å². The fraction of sp³-hybridized carbons (Fsp3) is 0.0952. The van der Waals surface area contributed by atoms with Gasteiger partial charge in [0.2, 0.25) is 17.7 Å². The van der Waals surface area contributed by atoms with Gasteiger partial charge >= 0.3 is 0 Å². The number of benzene rings is 2. The van der Waals surface area contributed by atoms with E-state index in [0.717, 1.165) is 16.0 Å². The largest absolute Gasteiger partial charge is 0.418 e. The fourth-order valence-electron chi connectivity index (χ4n) is 2.78. The van der Waals surface area contributed by atoms with Gasteiger partial charge in [-0.25, -0.2) is 0 Å². The van der Waals surface area contributed by atoms with E-state index < -0.39 is 6.04 Å². The molecule has 28 heavy (non-hydrogen) atoms. The number of thiophene rings is 1. The monoisotopic (exact) mass is 409 g/mol. The molecule has 1 atom stereocenters. The van der Waals surface area contributed by atoms with E-state index in [1.807, 2.05) is 60.0 Å². The smallest absolute Gasteiger partial charge is 0.247 e. The maximum Gasteiger partial charge on any atom is 0.247 e. The maximum atomic E-state index is 12.6. The average Bonchev–Trinajstić information content (AvgIpc) is 3.40. The van der Waals surface area contributed by atoms with Crippen LogP contribution >= 0.6 is 22.9 Å². The lowest BCUT2D eigenvalue weighted by Gasteiger charge is -2.15. The van der Waals surface area contributed by atoms with Crippen LogP contribution in [0.2, 0.25) is 5.02 Å². The Morgan fingerprint density at radius 2 is 1.82 bits per heavy atom. The van der Waals surface area contributed by atoms with Gasteiger partial charge < -0.3 is 9.73 Å². The summed E-state index contributed by atoms with van der Waals surface area (Å²) in [6.07, 6.45) is 0.305. The first-order valence-corrected chi connectivity index (χ1v) is 9.91. The third-order valence-corrected chi connectivity index (χ3v) is 5.26. The van der Waals surface area contributed by atoms with Gasteiger partial charge in [0.05, 0.1) is 6.42 Å². The number of hydrogen-bond acceptors (Lipinski definition) is 5. The maximum absolute atomic E-state index is 12.6. The quantitative estimate of drug-likeness (QED) is 0.491. The molecular weight excluding hydrogens is 394 g/mol. The number of carbonyl (C=O) groups excluding carboxylic acids is 1. The van der Waals surface area contributed by atoms with E-state index in [-0.39, 0.29) is 5.91 Å². The average molecular weight is 410 g/mol. The van der Waals surface area contributed by atoms with Crippen LogP contribution in [0, 0.1) is 0 Å². The molecule has 0 aliphatic rings. The number of carbonyl (C=O) groups is 1. The Hall–Kier alpha value is -2.96. The van der Waals surface area contributed by atoms with Crippen LogP contribution < -0.4 is 5.32 Å². The molecule has 0 spiro atoms.